The molecule has 2 aromatic carbocycles. The molecule has 0 spiro atoms. The van der Waals surface area contributed by atoms with E-state index in [0.29, 0.717) is 16.9 Å². The Hall–Kier alpha value is -2.71. The van der Waals surface area contributed by atoms with Gasteiger partial charge in [-0.15, -0.1) is 23.1 Å². The summed E-state index contributed by atoms with van der Waals surface area (Å²) < 4.78 is 5.33. The zero-order chi connectivity index (χ0) is 19.2. The number of rotatable bonds is 7. The fourth-order valence-electron chi connectivity index (χ4n) is 2.42. The van der Waals surface area contributed by atoms with Gasteiger partial charge in [0.15, 0.2) is 0 Å². The van der Waals surface area contributed by atoms with Gasteiger partial charge in [-0.1, -0.05) is 24.3 Å². The second-order valence-electron chi connectivity index (χ2n) is 5.60. The summed E-state index contributed by atoms with van der Waals surface area (Å²) in [7, 11) is 0. The molecule has 0 amide bonds. The van der Waals surface area contributed by atoms with E-state index >= 15 is 0 Å². The van der Waals surface area contributed by atoms with Gasteiger partial charge in [0.05, 0.1) is 26.8 Å². The molecule has 0 unspecified atom stereocenters. The van der Waals surface area contributed by atoms with Crippen molar-refractivity contribution in [1.29, 1.82) is 0 Å². The van der Waals surface area contributed by atoms with Crippen LogP contribution in [0.25, 0.3) is 0 Å². The highest BCUT2D eigenvalue weighted by atomic mass is 32.2. The molecule has 0 N–H and O–H groups in total. The van der Waals surface area contributed by atoms with Gasteiger partial charge in [0, 0.05) is 22.1 Å². The highest BCUT2D eigenvalue weighted by molar-refractivity contribution is 7.98. The molecule has 0 atom stereocenters. The molecule has 0 fully saturated rings. The lowest BCUT2D eigenvalue weighted by Crippen LogP contribution is -2.08. The molecule has 0 aliphatic carbocycles. The van der Waals surface area contributed by atoms with Crippen molar-refractivity contribution in [3.63, 3.8) is 0 Å². The molecule has 0 radical (unpaired) electrons. The SMILES string of the molecule is Cc1nc(CSc2ccccc2C(=O)OCc2ccccc2[N+](=O)[O-])cs1. The molecule has 0 saturated carbocycles. The first kappa shape index (κ1) is 19.1. The molecule has 138 valence electrons. The van der Waals surface area contributed by atoms with Crippen LogP contribution in [0.15, 0.2) is 58.8 Å². The molecule has 8 heteroatoms. The third-order valence-corrected chi connectivity index (χ3v) is 5.63. The minimum absolute atomic E-state index is 0.0631. The largest absolute Gasteiger partial charge is 0.457 e. The average Bonchev–Trinajstić information content (AvgIpc) is 3.10. The molecule has 1 aromatic heterocycles. The number of aryl methyl sites for hydroxylation is 1. The molecule has 0 saturated heterocycles. The van der Waals surface area contributed by atoms with E-state index < -0.39 is 10.9 Å². The number of carbonyl (C=O) groups is 1. The van der Waals surface area contributed by atoms with Crippen molar-refractivity contribution in [3.8, 4) is 0 Å². The summed E-state index contributed by atoms with van der Waals surface area (Å²) in [6.45, 7) is 1.80. The summed E-state index contributed by atoms with van der Waals surface area (Å²) in [6, 6.07) is 13.4. The highest BCUT2D eigenvalue weighted by Gasteiger charge is 2.17. The van der Waals surface area contributed by atoms with E-state index in [4.69, 9.17) is 4.74 Å². The van der Waals surface area contributed by atoms with Crippen molar-refractivity contribution in [2.45, 2.75) is 24.2 Å². The molecule has 3 aromatic rings. The van der Waals surface area contributed by atoms with E-state index in [0.717, 1.165) is 15.6 Å². The van der Waals surface area contributed by atoms with Gasteiger partial charge < -0.3 is 4.74 Å². The first-order valence-electron chi connectivity index (χ1n) is 8.07. The fourth-order valence-corrected chi connectivity index (χ4v) is 4.07. The van der Waals surface area contributed by atoms with Gasteiger partial charge >= 0.3 is 5.97 Å². The van der Waals surface area contributed by atoms with Gasteiger partial charge in [-0.2, -0.15) is 0 Å². The first-order valence-corrected chi connectivity index (χ1v) is 9.93. The Morgan fingerprint density at radius 2 is 1.96 bits per heavy atom. The van der Waals surface area contributed by atoms with Gasteiger partial charge in [0.25, 0.3) is 5.69 Å². The van der Waals surface area contributed by atoms with Gasteiger partial charge in [0.2, 0.25) is 0 Å². The summed E-state index contributed by atoms with van der Waals surface area (Å²) in [5.74, 6) is 0.143. The Labute approximate surface area is 164 Å². The van der Waals surface area contributed by atoms with Crippen molar-refractivity contribution in [2.24, 2.45) is 0 Å². The Morgan fingerprint density at radius 1 is 1.22 bits per heavy atom. The molecular formula is C19H16N2O4S2. The Morgan fingerprint density at radius 3 is 2.70 bits per heavy atom. The maximum atomic E-state index is 12.5. The van der Waals surface area contributed by atoms with Crippen LogP contribution in [0.2, 0.25) is 0 Å². The third kappa shape index (κ3) is 4.93. The Balaban J connectivity index is 1.69. The number of nitrogens with zero attached hydrogens (tertiary/aromatic N) is 2. The van der Waals surface area contributed by atoms with Gasteiger partial charge in [0.1, 0.15) is 6.61 Å². The number of carbonyl (C=O) groups excluding carboxylic acids is 1. The van der Waals surface area contributed by atoms with Crippen LogP contribution in [0.1, 0.15) is 26.6 Å². The van der Waals surface area contributed by atoms with Crippen molar-refractivity contribution in [1.82, 2.24) is 4.98 Å². The maximum absolute atomic E-state index is 12.5. The summed E-state index contributed by atoms with van der Waals surface area (Å²) in [5, 5.41) is 14.1. The molecule has 6 nitrogen and oxygen atoms in total. The highest BCUT2D eigenvalue weighted by Crippen LogP contribution is 2.28. The topological polar surface area (TPSA) is 82.3 Å². The van der Waals surface area contributed by atoms with Crippen LogP contribution in [0.3, 0.4) is 0 Å². The van der Waals surface area contributed by atoms with E-state index in [2.05, 4.69) is 4.98 Å². The van der Waals surface area contributed by atoms with Crippen LogP contribution in [-0.4, -0.2) is 15.9 Å². The summed E-state index contributed by atoms with van der Waals surface area (Å²) in [6.07, 6.45) is 0. The van der Waals surface area contributed by atoms with Crippen LogP contribution >= 0.6 is 23.1 Å². The van der Waals surface area contributed by atoms with Crippen molar-refractivity contribution >= 4 is 34.8 Å². The zero-order valence-corrected chi connectivity index (χ0v) is 16.1. The molecule has 0 bridgehead atoms. The molecule has 0 aliphatic heterocycles. The zero-order valence-electron chi connectivity index (χ0n) is 14.5. The van der Waals surface area contributed by atoms with Crippen LogP contribution in [0.4, 0.5) is 5.69 Å². The molecular weight excluding hydrogens is 384 g/mol. The van der Waals surface area contributed by atoms with E-state index in [-0.39, 0.29) is 12.3 Å². The lowest BCUT2D eigenvalue weighted by molar-refractivity contribution is -0.385. The molecule has 1 heterocycles. The third-order valence-electron chi connectivity index (χ3n) is 3.70. The van der Waals surface area contributed by atoms with E-state index in [1.54, 1.807) is 41.7 Å². The van der Waals surface area contributed by atoms with Gasteiger partial charge in [-0.25, -0.2) is 9.78 Å². The number of thioether (sulfide) groups is 1. The smallest absolute Gasteiger partial charge is 0.339 e. The number of benzene rings is 2. The molecule has 0 aliphatic rings. The normalized spacial score (nSPS) is 10.6. The number of thiazole rings is 1. The summed E-state index contributed by atoms with van der Waals surface area (Å²) in [5.41, 5.74) is 1.70. The van der Waals surface area contributed by atoms with Gasteiger partial charge in [-0.05, 0) is 25.1 Å². The second kappa shape index (κ2) is 8.79. The lowest BCUT2D eigenvalue weighted by Gasteiger charge is -2.09. The van der Waals surface area contributed by atoms with Crippen molar-refractivity contribution in [3.05, 3.63) is 85.9 Å². The predicted octanol–water partition coefficient (Wildman–Crippen LogP) is 5.01. The minimum Gasteiger partial charge on any atom is -0.457 e. The number of aromatic nitrogens is 1. The Kier molecular flexibility index (Phi) is 6.20. The lowest BCUT2D eigenvalue weighted by atomic mass is 10.2. The number of para-hydroxylation sites is 1. The van der Waals surface area contributed by atoms with Crippen LogP contribution in [0, 0.1) is 17.0 Å². The number of hydrogen-bond acceptors (Lipinski definition) is 7. The number of hydrogen-bond donors (Lipinski definition) is 0. The van der Waals surface area contributed by atoms with E-state index in [9.17, 15) is 14.9 Å². The van der Waals surface area contributed by atoms with Crippen LogP contribution < -0.4 is 0 Å². The Bertz CT molecular complexity index is 972. The second-order valence-corrected chi connectivity index (χ2v) is 7.68. The number of nitro groups is 1. The van der Waals surface area contributed by atoms with Gasteiger partial charge in [-0.3, -0.25) is 10.1 Å². The number of ether oxygens (including phenoxy) is 1. The van der Waals surface area contributed by atoms with Crippen LogP contribution in [0.5, 0.6) is 0 Å². The quantitative estimate of drug-likeness (QED) is 0.240. The van der Waals surface area contributed by atoms with E-state index in [1.807, 2.05) is 24.4 Å². The van der Waals surface area contributed by atoms with Crippen LogP contribution in [-0.2, 0) is 17.1 Å². The van der Waals surface area contributed by atoms with Crippen molar-refractivity contribution < 1.29 is 14.5 Å². The summed E-state index contributed by atoms with van der Waals surface area (Å²) in [4.78, 5) is 28.3. The standard InChI is InChI=1S/C19H16N2O4S2/c1-13-20-15(11-26-13)12-27-18-9-5-3-7-16(18)19(22)25-10-14-6-2-4-8-17(14)21(23)24/h2-9,11H,10,12H2,1H3. The number of nitro benzene ring substituents is 1. The fraction of sp³-hybridized carbons (Fsp3) is 0.158. The predicted molar refractivity (Wildman–Crippen MR) is 105 cm³/mol. The maximum Gasteiger partial charge on any atom is 0.339 e. The number of esters is 1. The van der Waals surface area contributed by atoms with E-state index in [1.165, 1.54) is 17.8 Å². The monoisotopic (exact) mass is 400 g/mol. The summed E-state index contributed by atoms with van der Waals surface area (Å²) >= 11 is 3.09. The van der Waals surface area contributed by atoms with Crippen molar-refractivity contribution in [2.75, 3.05) is 0 Å². The molecule has 27 heavy (non-hydrogen) atoms. The average molecular weight is 400 g/mol. The first-order chi connectivity index (χ1) is 13.0. The minimum atomic E-state index is -0.509. The molecule has 3 rings (SSSR count).